The third-order valence-electron chi connectivity index (χ3n) is 5.85. The van der Waals surface area contributed by atoms with Crippen molar-refractivity contribution in [2.45, 2.75) is 37.3 Å². The van der Waals surface area contributed by atoms with Crippen LogP contribution in [0.25, 0.3) is 0 Å². The Morgan fingerprint density at radius 2 is 1.34 bits per heavy atom. The normalized spacial score (nSPS) is 21.8. The van der Waals surface area contributed by atoms with Crippen LogP contribution in [0.4, 0.5) is 0 Å². The molecular formula is C29H30O9. The minimum atomic E-state index is -1.15. The molecule has 0 aromatic heterocycles. The SMILES string of the molecule is O=C(O[C@@H]1[C@@H](OCc2ccccc2)[C@@H](OC[C@@H](O)CO)OC[C@H]1OC(=O)c1ccccc1)c1ccccc1. The predicted octanol–water partition coefficient (Wildman–Crippen LogP) is 2.75. The van der Waals surface area contributed by atoms with Gasteiger partial charge in [-0.3, -0.25) is 0 Å². The van der Waals surface area contributed by atoms with Gasteiger partial charge in [-0.05, 0) is 29.8 Å². The Bertz CT molecular complexity index is 1140. The van der Waals surface area contributed by atoms with Crippen LogP contribution in [0.15, 0.2) is 91.0 Å². The fraction of sp³-hybridized carbons (Fsp3) is 0.310. The zero-order valence-corrected chi connectivity index (χ0v) is 20.6. The largest absolute Gasteiger partial charge is 0.452 e. The summed E-state index contributed by atoms with van der Waals surface area (Å²) in [5.41, 5.74) is 1.48. The minimum absolute atomic E-state index is 0.121. The molecule has 0 unspecified atom stereocenters. The zero-order valence-electron chi connectivity index (χ0n) is 20.6. The van der Waals surface area contributed by atoms with Crippen molar-refractivity contribution in [3.8, 4) is 0 Å². The molecule has 5 atom stereocenters. The van der Waals surface area contributed by atoms with Gasteiger partial charge in [0.1, 0.15) is 12.2 Å². The summed E-state index contributed by atoms with van der Waals surface area (Å²) < 4.78 is 29.3. The smallest absolute Gasteiger partial charge is 0.338 e. The van der Waals surface area contributed by atoms with Crippen LogP contribution in [0.1, 0.15) is 26.3 Å². The van der Waals surface area contributed by atoms with Crippen LogP contribution < -0.4 is 0 Å². The van der Waals surface area contributed by atoms with Gasteiger partial charge in [0.2, 0.25) is 0 Å². The van der Waals surface area contributed by atoms with Crippen LogP contribution in [-0.2, 0) is 30.3 Å². The van der Waals surface area contributed by atoms with Crippen LogP contribution >= 0.6 is 0 Å². The van der Waals surface area contributed by atoms with Gasteiger partial charge in [0.25, 0.3) is 0 Å². The lowest BCUT2D eigenvalue weighted by molar-refractivity contribution is -0.286. The van der Waals surface area contributed by atoms with Crippen LogP contribution in [0.2, 0.25) is 0 Å². The quantitative estimate of drug-likeness (QED) is 0.366. The zero-order chi connectivity index (χ0) is 26.7. The lowest BCUT2D eigenvalue weighted by atomic mass is 10.0. The van der Waals surface area contributed by atoms with E-state index in [-0.39, 0.29) is 19.8 Å². The minimum Gasteiger partial charge on any atom is -0.452 e. The number of esters is 2. The highest BCUT2D eigenvalue weighted by atomic mass is 16.7. The van der Waals surface area contributed by atoms with Gasteiger partial charge < -0.3 is 33.9 Å². The maximum Gasteiger partial charge on any atom is 0.338 e. The summed E-state index contributed by atoms with van der Waals surface area (Å²) in [6.07, 6.45) is -5.38. The molecule has 1 fully saturated rings. The first-order valence-electron chi connectivity index (χ1n) is 12.2. The predicted molar refractivity (Wildman–Crippen MR) is 135 cm³/mol. The van der Waals surface area contributed by atoms with E-state index >= 15 is 0 Å². The molecule has 0 bridgehead atoms. The molecule has 3 aromatic rings. The Labute approximate surface area is 220 Å². The standard InChI is InChI=1S/C29H30O9/c30-16-23(31)18-35-29-26(34-17-20-10-4-1-5-11-20)25(38-28(33)22-14-8-3-9-15-22)24(19-36-29)37-27(32)21-12-6-2-7-13-21/h1-15,23-26,29-31H,16-19H2/t23-,24+,25-,26+,29-/m0/s1. The van der Waals surface area contributed by atoms with Gasteiger partial charge in [-0.15, -0.1) is 0 Å². The van der Waals surface area contributed by atoms with Crippen LogP contribution in [0.3, 0.4) is 0 Å². The Balaban J connectivity index is 1.60. The summed E-state index contributed by atoms with van der Waals surface area (Å²) in [7, 11) is 0. The second-order valence-electron chi connectivity index (χ2n) is 8.68. The molecule has 38 heavy (non-hydrogen) atoms. The summed E-state index contributed by atoms with van der Waals surface area (Å²) >= 11 is 0. The van der Waals surface area contributed by atoms with E-state index in [1.54, 1.807) is 60.7 Å². The van der Waals surface area contributed by atoms with Crippen LogP contribution in [0.5, 0.6) is 0 Å². The van der Waals surface area contributed by atoms with Crippen molar-refractivity contribution >= 4 is 11.9 Å². The van der Waals surface area contributed by atoms with Gasteiger partial charge in [0, 0.05) is 0 Å². The first-order valence-corrected chi connectivity index (χ1v) is 12.2. The van der Waals surface area contributed by atoms with Gasteiger partial charge in [-0.2, -0.15) is 0 Å². The van der Waals surface area contributed by atoms with E-state index in [9.17, 15) is 19.8 Å². The molecule has 1 aliphatic heterocycles. The van der Waals surface area contributed by atoms with E-state index < -0.39 is 49.3 Å². The molecule has 3 aromatic carbocycles. The number of ether oxygens (including phenoxy) is 5. The van der Waals surface area contributed by atoms with Gasteiger partial charge >= 0.3 is 11.9 Å². The summed E-state index contributed by atoms with van der Waals surface area (Å²) in [5, 5.41) is 19.0. The molecule has 0 radical (unpaired) electrons. The molecule has 1 heterocycles. The van der Waals surface area contributed by atoms with E-state index in [1.807, 2.05) is 30.3 Å². The monoisotopic (exact) mass is 522 g/mol. The molecular weight excluding hydrogens is 492 g/mol. The second kappa shape index (κ2) is 13.8. The average Bonchev–Trinajstić information content (AvgIpc) is 2.97. The number of rotatable bonds is 11. The molecule has 9 heteroatoms. The van der Waals surface area contributed by atoms with Crippen molar-refractivity contribution in [2.24, 2.45) is 0 Å². The first-order chi connectivity index (χ1) is 18.5. The van der Waals surface area contributed by atoms with Crippen LogP contribution in [0, 0.1) is 0 Å². The van der Waals surface area contributed by atoms with Gasteiger partial charge in [0.05, 0.1) is 37.6 Å². The third kappa shape index (κ3) is 7.47. The maximum absolute atomic E-state index is 13.1. The van der Waals surface area contributed by atoms with Crippen molar-refractivity contribution in [2.75, 3.05) is 19.8 Å². The molecule has 4 rings (SSSR count). The Morgan fingerprint density at radius 1 is 0.789 bits per heavy atom. The molecule has 1 aliphatic rings. The summed E-state index contributed by atoms with van der Waals surface area (Å²) in [6.45, 7) is -0.793. The van der Waals surface area contributed by atoms with Crippen molar-refractivity contribution in [3.63, 3.8) is 0 Å². The number of carbonyl (C=O) groups is 2. The number of carbonyl (C=O) groups excluding carboxylic acids is 2. The molecule has 0 amide bonds. The molecule has 1 saturated heterocycles. The third-order valence-corrected chi connectivity index (χ3v) is 5.85. The Kier molecular flexibility index (Phi) is 9.97. The van der Waals surface area contributed by atoms with Gasteiger partial charge in [0.15, 0.2) is 18.5 Å². The Hall–Kier alpha value is -3.60. The molecule has 0 saturated carbocycles. The van der Waals surface area contributed by atoms with Gasteiger partial charge in [-0.1, -0.05) is 66.7 Å². The van der Waals surface area contributed by atoms with E-state index in [2.05, 4.69) is 0 Å². The fourth-order valence-corrected chi connectivity index (χ4v) is 3.88. The van der Waals surface area contributed by atoms with E-state index in [0.717, 1.165) is 5.56 Å². The molecule has 0 spiro atoms. The Morgan fingerprint density at radius 3 is 1.92 bits per heavy atom. The van der Waals surface area contributed by atoms with Crippen LogP contribution in [-0.4, -0.2) is 72.7 Å². The van der Waals surface area contributed by atoms with E-state index in [0.29, 0.717) is 11.1 Å². The van der Waals surface area contributed by atoms with Crippen molar-refractivity contribution in [1.29, 1.82) is 0 Å². The lowest BCUT2D eigenvalue weighted by Gasteiger charge is -2.41. The average molecular weight is 523 g/mol. The second-order valence-corrected chi connectivity index (χ2v) is 8.68. The number of hydrogen-bond donors (Lipinski definition) is 2. The van der Waals surface area contributed by atoms with E-state index in [4.69, 9.17) is 23.7 Å². The topological polar surface area (TPSA) is 121 Å². The molecule has 200 valence electrons. The molecule has 0 aliphatic carbocycles. The fourth-order valence-electron chi connectivity index (χ4n) is 3.88. The number of aliphatic hydroxyl groups is 2. The van der Waals surface area contributed by atoms with Crippen molar-refractivity contribution in [1.82, 2.24) is 0 Å². The highest BCUT2D eigenvalue weighted by molar-refractivity contribution is 5.90. The van der Waals surface area contributed by atoms with Crippen molar-refractivity contribution in [3.05, 3.63) is 108 Å². The summed E-state index contributed by atoms with van der Waals surface area (Å²) in [4.78, 5) is 26.0. The van der Waals surface area contributed by atoms with Crippen molar-refractivity contribution < 1.29 is 43.5 Å². The number of hydrogen-bond acceptors (Lipinski definition) is 9. The molecule has 9 nitrogen and oxygen atoms in total. The number of benzene rings is 3. The highest BCUT2D eigenvalue weighted by Gasteiger charge is 2.47. The summed E-state index contributed by atoms with van der Waals surface area (Å²) in [6, 6.07) is 26.2. The van der Waals surface area contributed by atoms with E-state index in [1.165, 1.54) is 0 Å². The highest BCUT2D eigenvalue weighted by Crippen LogP contribution is 2.27. The first kappa shape index (κ1) is 27.4. The maximum atomic E-state index is 13.1. The molecule has 2 N–H and O–H groups in total. The number of aliphatic hydroxyl groups excluding tert-OH is 2. The van der Waals surface area contributed by atoms with Gasteiger partial charge in [-0.25, -0.2) is 9.59 Å². The lowest BCUT2D eigenvalue weighted by Crippen LogP contribution is -2.58. The summed E-state index contributed by atoms with van der Waals surface area (Å²) in [5.74, 6) is -1.25.